The van der Waals surface area contributed by atoms with Crippen molar-refractivity contribution in [1.29, 1.82) is 0 Å². The largest absolute Gasteiger partial charge is 0.496 e. The first-order valence-electron chi connectivity index (χ1n) is 10.6. The van der Waals surface area contributed by atoms with Crippen molar-refractivity contribution in [3.05, 3.63) is 63.6 Å². The van der Waals surface area contributed by atoms with Gasteiger partial charge in [-0.05, 0) is 94.6 Å². The molecule has 2 aromatic carbocycles. The van der Waals surface area contributed by atoms with Gasteiger partial charge in [-0.1, -0.05) is 29.3 Å². The van der Waals surface area contributed by atoms with Crippen molar-refractivity contribution in [2.45, 2.75) is 52.6 Å². The Balaban J connectivity index is 2.03. The van der Waals surface area contributed by atoms with E-state index in [1.165, 1.54) is 6.08 Å². The summed E-state index contributed by atoms with van der Waals surface area (Å²) in [5, 5.41) is 3.97. The molecule has 0 aromatic heterocycles. The first kappa shape index (κ1) is 25.3. The average molecular weight is 463 g/mol. The number of nitrogens with one attached hydrogen (secondary N) is 1. The Bertz CT molecular complexity index is 902. The zero-order valence-corrected chi connectivity index (χ0v) is 20.4. The Labute approximate surface area is 196 Å². The molecule has 6 heteroatoms. The van der Waals surface area contributed by atoms with Gasteiger partial charge in [0.1, 0.15) is 5.75 Å². The minimum atomic E-state index is -0.229. The number of anilines is 1. The molecule has 0 radical (unpaired) electrons. The molecule has 0 atom stereocenters. The predicted octanol–water partition coefficient (Wildman–Crippen LogP) is 6.71. The molecule has 0 saturated heterocycles. The number of nitrogens with zero attached hydrogens (tertiary/aromatic N) is 1. The second-order valence-electron chi connectivity index (χ2n) is 8.04. The van der Waals surface area contributed by atoms with Gasteiger partial charge in [-0.25, -0.2) is 0 Å². The molecule has 1 amide bonds. The van der Waals surface area contributed by atoms with Gasteiger partial charge in [-0.3, -0.25) is 9.69 Å². The molecule has 0 aliphatic heterocycles. The quantitative estimate of drug-likeness (QED) is 0.399. The van der Waals surface area contributed by atoms with Crippen molar-refractivity contribution in [3.8, 4) is 5.75 Å². The van der Waals surface area contributed by atoms with E-state index in [0.717, 1.165) is 42.0 Å². The second-order valence-corrected chi connectivity index (χ2v) is 8.89. The highest BCUT2D eigenvalue weighted by molar-refractivity contribution is 6.35. The molecular weight excluding hydrogens is 431 g/mol. The monoisotopic (exact) mass is 462 g/mol. The number of benzene rings is 2. The van der Waals surface area contributed by atoms with Crippen LogP contribution in [0.5, 0.6) is 5.75 Å². The van der Waals surface area contributed by atoms with Crippen LogP contribution in [0.4, 0.5) is 5.69 Å². The van der Waals surface area contributed by atoms with Gasteiger partial charge in [0.2, 0.25) is 5.91 Å². The number of hydrogen-bond donors (Lipinski definition) is 1. The SMILES string of the molecule is COc1ccc(NC(=O)C=Cc2ccc(Cl)cc2Cl)cc1CCCN(C(C)C)C(C)C. The minimum absolute atomic E-state index is 0.229. The molecular formula is C25H32Cl2N2O2. The Morgan fingerprint density at radius 2 is 1.81 bits per heavy atom. The Morgan fingerprint density at radius 1 is 1.10 bits per heavy atom. The number of carbonyl (C=O) groups excluding carboxylic acids is 1. The summed E-state index contributed by atoms with van der Waals surface area (Å²) in [4.78, 5) is 14.9. The highest BCUT2D eigenvalue weighted by Crippen LogP contribution is 2.25. The smallest absolute Gasteiger partial charge is 0.248 e. The first-order valence-corrected chi connectivity index (χ1v) is 11.3. The molecule has 0 aliphatic carbocycles. The molecule has 4 nitrogen and oxygen atoms in total. The van der Waals surface area contributed by atoms with E-state index in [-0.39, 0.29) is 5.91 Å². The second kappa shape index (κ2) is 12.1. The molecule has 0 heterocycles. The van der Waals surface area contributed by atoms with Crippen LogP contribution in [0.3, 0.4) is 0 Å². The van der Waals surface area contributed by atoms with Crippen molar-refractivity contribution in [2.24, 2.45) is 0 Å². The van der Waals surface area contributed by atoms with Gasteiger partial charge in [0.05, 0.1) is 7.11 Å². The Morgan fingerprint density at radius 3 is 2.42 bits per heavy atom. The fraction of sp³-hybridized carbons (Fsp3) is 0.400. The maximum Gasteiger partial charge on any atom is 0.248 e. The fourth-order valence-corrected chi connectivity index (χ4v) is 4.07. The van der Waals surface area contributed by atoms with Gasteiger partial charge < -0.3 is 10.1 Å². The summed E-state index contributed by atoms with van der Waals surface area (Å²) in [5.41, 5.74) is 2.55. The number of halogens is 2. The molecule has 0 unspecified atom stereocenters. The number of amides is 1. The minimum Gasteiger partial charge on any atom is -0.496 e. The first-order chi connectivity index (χ1) is 14.7. The lowest BCUT2D eigenvalue weighted by atomic mass is 10.1. The Kier molecular flexibility index (Phi) is 9.89. The number of methoxy groups -OCH3 is 1. The molecule has 0 aliphatic rings. The standard InChI is InChI=1S/C25H32Cl2N2O2/c1-17(2)29(18(3)4)14-6-7-20-15-22(11-12-24(20)31-5)28-25(30)13-9-19-8-10-21(26)16-23(19)27/h8-13,15-18H,6-7,14H2,1-5H3,(H,28,30). The van der Waals surface area contributed by atoms with Gasteiger partial charge in [-0.15, -0.1) is 0 Å². The van der Waals surface area contributed by atoms with Crippen LogP contribution in [0, 0.1) is 0 Å². The van der Waals surface area contributed by atoms with E-state index >= 15 is 0 Å². The number of hydrogen-bond acceptors (Lipinski definition) is 3. The van der Waals surface area contributed by atoms with Crippen LogP contribution in [0.15, 0.2) is 42.5 Å². The summed E-state index contributed by atoms with van der Waals surface area (Å²) in [5.74, 6) is 0.607. The third kappa shape index (κ3) is 7.88. The molecule has 1 N–H and O–H groups in total. The zero-order chi connectivity index (χ0) is 23.0. The lowest BCUT2D eigenvalue weighted by molar-refractivity contribution is -0.111. The van der Waals surface area contributed by atoms with Crippen molar-refractivity contribution in [1.82, 2.24) is 4.90 Å². The van der Waals surface area contributed by atoms with Crippen molar-refractivity contribution in [3.63, 3.8) is 0 Å². The summed E-state index contributed by atoms with van der Waals surface area (Å²) >= 11 is 12.1. The summed E-state index contributed by atoms with van der Waals surface area (Å²) < 4.78 is 5.52. The fourth-order valence-electron chi connectivity index (χ4n) is 3.60. The lowest BCUT2D eigenvalue weighted by Crippen LogP contribution is -2.37. The van der Waals surface area contributed by atoms with E-state index in [2.05, 4.69) is 37.9 Å². The van der Waals surface area contributed by atoms with Crippen molar-refractivity contribution < 1.29 is 9.53 Å². The molecule has 168 valence electrons. The number of ether oxygens (including phenoxy) is 1. The van der Waals surface area contributed by atoms with Crippen LogP contribution in [0.1, 0.15) is 45.2 Å². The van der Waals surface area contributed by atoms with Gasteiger partial charge in [0, 0.05) is 33.9 Å². The maximum atomic E-state index is 12.4. The lowest BCUT2D eigenvalue weighted by Gasteiger charge is -2.30. The van der Waals surface area contributed by atoms with Gasteiger partial charge >= 0.3 is 0 Å². The van der Waals surface area contributed by atoms with E-state index in [4.69, 9.17) is 27.9 Å². The van der Waals surface area contributed by atoms with Gasteiger partial charge in [0.25, 0.3) is 0 Å². The molecule has 0 bridgehead atoms. The summed E-state index contributed by atoms with van der Waals surface area (Å²) in [7, 11) is 1.67. The van der Waals surface area contributed by atoms with Gasteiger partial charge in [0.15, 0.2) is 0 Å². The van der Waals surface area contributed by atoms with Crippen LogP contribution >= 0.6 is 23.2 Å². The number of carbonyl (C=O) groups is 1. The predicted molar refractivity (Wildman–Crippen MR) is 132 cm³/mol. The van der Waals surface area contributed by atoms with Crippen LogP contribution in [-0.2, 0) is 11.2 Å². The molecule has 31 heavy (non-hydrogen) atoms. The highest BCUT2D eigenvalue weighted by Gasteiger charge is 2.13. The van der Waals surface area contributed by atoms with Crippen molar-refractivity contribution >= 4 is 40.9 Å². The number of rotatable bonds is 10. The normalized spacial score (nSPS) is 11.7. The third-order valence-corrected chi connectivity index (χ3v) is 5.68. The van der Waals surface area contributed by atoms with E-state index in [0.29, 0.717) is 22.1 Å². The van der Waals surface area contributed by atoms with Crippen LogP contribution < -0.4 is 10.1 Å². The Hall–Kier alpha value is -2.01. The van der Waals surface area contributed by atoms with Crippen LogP contribution in [0.2, 0.25) is 10.0 Å². The topological polar surface area (TPSA) is 41.6 Å². The zero-order valence-electron chi connectivity index (χ0n) is 18.9. The van der Waals surface area contributed by atoms with Crippen molar-refractivity contribution in [2.75, 3.05) is 19.0 Å². The third-order valence-electron chi connectivity index (χ3n) is 5.11. The van der Waals surface area contributed by atoms with E-state index in [1.807, 2.05) is 18.2 Å². The van der Waals surface area contributed by atoms with E-state index < -0.39 is 0 Å². The molecule has 2 rings (SSSR count). The maximum absolute atomic E-state index is 12.4. The summed E-state index contributed by atoms with van der Waals surface area (Å²) in [6.45, 7) is 9.91. The van der Waals surface area contributed by atoms with E-state index in [9.17, 15) is 4.79 Å². The van der Waals surface area contributed by atoms with Crippen LogP contribution in [-0.4, -0.2) is 36.5 Å². The van der Waals surface area contributed by atoms with E-state index in [1.54, 1.807) is 31.4 Å². The summed E-state index contributed by atoms with van der Waals surface area (Å²) in [6.07, 6.45) is 5.02. The average Bonchev–Trinajstić information content (AvgIpc) is 2.70. The van der Waals surface area contributed by atoms with Crippen LogP contribution in [0.25, 0.3) is 6.08 Å². The summed E-state index contributed by atoms with van der Waals surface area (Å²) in [6, 6.07) is 11.9. The van der Waals surface area contributed by atoms with Gasteiger partial charge in [-0.2, -0.15) is 0 Å². The molecule has 0 spiro atoms. The highest BCUT2D eigenvalue weighted by atomic mass is 35.5. The molecule has 0 fully saturated rings. The molecule has 0 saturated carbocycles. The molecule has 2 aromatic rings. The number of aryl methyl sites for hydroxylation is 1.